The molecule has 8 nitrogen and oxygen atoms in total. The van der Waals surface area contributed by atoms with Gasteiger partial charge in [-0.3, -0.25) is 14.4 Å². The molecule has 8 heteroatoms. The van der Waals surface area contributed by atoms with Crippen molar-refractivity contribution in [3.63, 3.8) is 0 Å². The van der Waals surface area contributed by atoms with Crippen molar-refractivity contribution in [2.75, 3.05) is 6.61 Å². The Morgan fingerprint density at radius 2 is 1.59 bits per heavy atom. The topological polar surface area (TPSA) is 141 Å². The van der Waals surface area contributed by atoms with E-state index in [9.17, 15) is 34.8 Å². The van der Waals surface area contributed by atoms with Crippen molar-refractivity contribution in [3.05, 3.63) is 63.2 Å². The number of aliphatic hydroxyl groups is 3. The second-order valence-corrected chi connectivity index (χ2v) is 8.52. The van der Waals surface area contributed by atoms with Gasteiger partial charge in [-0.05, 0) is 30.5 Å². The zero-order chi connectivity index (χ0) is 22.7. The highest BCUT2D eigenvalue weighted by molar-refractivity contribution is 6.32. The lowest BCUT2D eigenvalue weighted by Gasteiger charge is -2.37. The molecule has 2 aromatic carbocycles. The first kappa shape index (κ1) is 21.0. The fourth-order valence-electron chi connectivity index (χ4n) is 5.02. The third-order valence-corrected chi connectivity index (χ3v) is 6.67. The van der Waals surface area contributed by atoms with Crippen molar-refractivity contribution >= 4 is 17.3 Å². The van der Waals surface area contributed by atoms with E-state index in [0.29, 0.717) is 24.8 Å². The van der Waals surface area contributed by atoms with Gasteiger partial charge in [0.25, 0.3) is 0 Å². The second kappa shape index (κ2) is 7.60. The number of aryl methyl sites for hydroxylation is 1. The van der Waals surface area contributed by atoms with Crippen molar-refractivity contribution < 1.29 is 39.5 Å². The molecule has 0 spiro atoms. The summed E-state index contributed by atoms with van der Waals surface area (Å²) in [5.74, 6) is -1.66. The van der Waals surface area contributed by atoms with Crippen molar-refractivity contribution in [2.24, 2.45) is 0 Å². The van der Waals surface area contributed by atoms with Crippen LogP contribution in [0.3, 0.4) is 0 Å². The van der Waals surface area contributed by atoms with E-state index in [2.05, 4.69) is 0 Å². The molecule has 0 amide bonds. The molecule has 1 fully saturated rings. The van der Waals surface area contributed by atoms with Gasteiger partial charge in [0.05, 0.1) is 24.4 Å². The van der Waals surface area contributed by atoms with E-state index in [4.69, 9.17) is 4.74 Å². The summed E-state index contributed by atoms with van der Waals surface area (Å²) in [6.45, 7) is -0.537. The summed E-state index contributed by atoms with van der Waals surface area (Å²) >= 11 is 0. The van der Waals surface area contributed by atoms with Gasteiger partial charge < -0.3 is 25.2 Å². The monoisotopic (exact) mass is 438 g/mol. The summed E-state index contributed by atoms with van der Waals surface area (Å²) in [4.78, 5) is 39.3. The van der Waals surface area contributed by atoms with E-state index in [0.717, 1.165) is 5.56 Å². The molecular weight excluding hydrogens is 416 g/mol. The summed E-state index contributed by atoms with van der Waals surface area (Å²) in [7, 11) is 0. The van der Waals surface area contributed by atoms with Crippen LogP contribution in [0.15, 0.2) is 24.3 Å². The lowest BCUT2D eigenvalue weighted by atomic mass is 9.76. The number of carbonyl (C=O) groups excluding carboxylic acids is 3. The normalized spacial score (nSPS) is 27.0. The molecule has 2 aromatic rings. The van der Waals surface area contributed by atoms with Crippen LogP contribution in [0.2, 0.25) is 0 Å². The third-order valence-electron chi connectivity index (χ3n) is 6.67. The number of ketones is 3. The van der Waals surface area contributed by atoms with Crippen molar-refractivity contribution in [1.82, 2.24) is 0 Å². The van der Waals surface area contributed by atoms with Gasteiger partial charge in [-0.2, -0.15) is 0 Å². The highest BCUT2D eigenvalue weighted by atomic mass is 16.5. The molecule has 0 bridgehead atoms. The van der Waals surface area contributed by atoms with Crippen molar-refractivity contribution in [1.29, 1.82) is 0 Å². The maximum atomic E-state index is 13.4. The highest BCUT2D eigenvalue weighted by Gasteiger charge is 2.41. The molecule has 1 heterocycles. The number of carbonyl (C=O) groups is 3. The van der Waals surface area contributed by atoms with E-state index in [1.807, 2.05) is 0 Å². The molecule has 32 heavy (non-hydrogen) atoms. The summed E-state index contributed by atoms with van der Waals surface area (Å²) in [6, 6.07) is 6.07. The van der Waals surface area contributed by atoms with Crippen LogP contribution in [0.4, 0.5) is 0 Å². The van der Waals surface area contributed by atoms with Gasteiger partial charge in [-0.25, -0.2) is 0 Å². The lowest BCUT2D eigenvalue weighted by Crippen LogP contribution is -2.47. The maximum Gasteiger partial charge on any atom is 0.198 e. The number of fused-ring (bicyclic) bond motifs is 4. The van der Waals surface area contributed by atoms with Gasteiger partial charge in [-0.15, -0.1) is 0 Å². The van der Waals surface area contributed by atoms with Crippen LogP contribution >= 0.6 is 0 Å². The number of hydrogen-bond acceptors (Lipinski definition) is 8. The molecule has 2 aliphatic carbocycles. The number of ether oxygens (including phenoxy) is 1. The first-order valence-corrected chi connectivity index (χ1v) is 10.6. The molecule has 3 aliphatic rings. The smallest absolute Gasteiger partial charge is 0.198 e. The summed E-state index contributed by atoms with van der Waals surface area (Å²) in [6.07, 6.45) is -2.82. The molecule has 1 saturated heterocycles. The Hall–Kier alpha value is -2.91. The quantitative estimate of drug-likeness (QED) is 0.468. The predicted molar refractivity (Wildman–Crippen MR) is 110 cm³/mol. The largest absolute Gasteiger partial charge is 0.507 e. The van der Waals surface area contributed by atoms with Gasteiger partial charge in [0.15, 0.2) is 17.3 Å². The van der Waals surface area contributed by atoms with E-state index in [1.54, 1.807) is 6.07 Å². The zero-order valence-electron chi connectivity index (χ0n) is 17.1. The standard InChI is InChI=1S/C24H22O8/c25-9-17-24(31)15(27)8-16(32-17)11-6-7-13-20(21(11)28)23(30)12-5-4-10-2-1-3-14(26)18(10)19(12)22(13)29/h4-7,15-17,24-25,27-28,31H,1-3,8-9H2. The Labute approximate surface area is 183 Å². The van der Waals surface area contributed by atoms with E-state index >= 15 is 0 Å². The number of aromatic hydroxyl groups is 1. The fraction of sp³-hybridized carbons (Fsp3) is 0.375. The highest BCUT2D eigenvalue weighted by Crippen LogP contribution is 2.43. The minimum Gasteiger partial charge on any atom is -0.507 e. The van der Waals surface area contributed by atoms with Crippen LogP contribution in [0.25, 0.3) is 0 Å². The third kappa shape index (κ3) is 2.95. The number of Topliss-reactive ketones (excluding diaryl/α,β-unsaturated/α-hetero) is 1. The van der Waals surface area contributed by atoms with Crippen molar-refractivity contribution in [3.8, 4) is 5.75 Å². The van der Waals surface area contributed by atoms with Crippen LogP contribution in [-0.4, -0.2) is 62.7 Å². The summed E-state index contributed by atoms with van der Waals surface area (Å²) in [5.41, 5.74) is 1.25. The maximum absolute atomic E-state index is 13.4. The first-order valence-electron chi connectivity index (χ1n) is 10.6. The molecule has 4 unspecified atom stereocenters. The average Bonchev–Trinajstić information content (AvgIpc) is 2.78. The minimum atomic E-state index is -1.28. The van der Waals surface area contributed by atoms with E-state index in [-0.39, 0.29) is 40.0 Å². The van der Waals surface area contributed by atoms with Crippen molar-refractivity contribution in [2.45, 2.75) is 50.1 Å². The molecule has 0 saturated carbocycles. The Morgan fingerprint density at radius 3 is 2.34 bits per heavy atom. The Bertz CT molecular complexity index is 1170. The average molecular weight is 438 g/mol. The van der Waals surface area contributed by atoms with Gasteiger partial charge >= 0.3 is 0 Å². The molecular formula is C24H22O8. The molecule has 1 aliphatic heterocycles. The fourth-order valence-corrected chi connectivity index (χ4v) is 5.02. The van der Waals surface area contributed by atoms with Crippen LogP contribution in [-0.2, 0) is 11.2 Å². The number of aliphatic hydroxyl groups excluding tert-OH is 3. The number of hydrogen-bond donors (Lipinski definition) is 4. The summed E-state index contributed by atoms with van der Waals surface area (Å²) in [5, 5.41) is 40.5. The number of phenolic OH excluding ortho intramolecular Hbond substituents is 1. The molecule has 4 N–H and O–H groups in total. The molecule has 166 valence electrons. The number of phenols is 1. The number of benzene rings is 2. The minimum absolute atomic E-state index is 0.00521. The molecule has 0 aromatic heterocycles. The molecule has 0 radical (unpaired) electrons. The van der Waals surface area contributed by atoms with E-state index in [1.165, 1.54) is 18.2 Å². The Balaban J connectivity index is 1.61. The Morgan fingerprint density at radius 1 is 0.906 bits per heavy atom. The Kier molecular flexibility index (Phi) is 4.98. The van der Waals surface area contributed by atoms with Gasteiger partial charge in [0.2, 0.25) is 0 Å². The van der Waals surface area contributed by atoms with Crippen LogP contribution in [0.1, 0.15) is 78.7 Å². The molecule has 5 rings (SSSR count). The first-order chi connectivity index (χ1) is 15.3. The van der Waals surface area contributed by atoms with Gasteiger partial charge in [0, 0.05) is 40.7 Å². The van der Waals surface area contributed by atoms with Crippen LogP contribution in [0, 0.1) is 0 Å². The lowest BCUT2D eigenvalue weighted by molar-refractivity contribution is -0.181. The molecule has 4 atom stereocenters. The van der Waals surface area contributed by atoms with Crippen LogP contribution in [0.5, 0.6) is 5.75 Å². The number of rotatable bonds is 2. The van der Waals surface area contributed by atoms with Crippen LogP contribution < -0.4 is 0 Å². The summed E-state index contributed by atoms with van der Waals surface area (Å²) < 4.78 is 5.64. The second-order valence-electron chi connectivity index (χ2n) is 8.52. The predicted octanol–water partition coefficient (Wildman–Crippen LogP) is 1.23. The van der Waals surface area contributed by atoms with E-state index < -0.39 is 48.3 Å². The van der Waals surface area contributed by atoms with Gasteiger partial charge in [-0.1, -0.05) is 12.1 Å². The zero-order valence-corrected chi connectivity index (χ0v) is 17.1. The van der Waals surface area contributed by atoms with Gasteiger partial charge in [0.1, 0.15) is 18.0 Å². The SMILES string of the molecule is O=C1c2ccc3c(c2C(=O)c2ccc(C4CC(O)C(O)C(CO)O4)c(O)c21)C(=O)CCC3.